The van der Waals surface area contributed by atoms with Gasteiger partial charge < -0.3 is 4.57 Å². The van der Waals surface area contributed by atoms with Crippen LogP contribution in [0.15, 0.2) is 12.4 Å². The minimum atomic E-state index is 0.582. The van der Waals surface area contributed by atoms with E-state index >= 15 is 0 Å². The smallest absolute Gasteiger partial charge is 0.112 e. The van der Waals surface area contributed by atoms with Gasteiger partial charge in [0.15, 0.2) is 0 Å². The van der Waals surface area contributed by atoms with Gasteiger partial charge in [-0.1, -0.05) is 118 Å². The molecule has 2 heteroatoms. The second kappa shape index (κ2) is 16.9. The molecule has 29 heavy (non-hydrogen) atoms. The molecular formula is C27H52N2. The van der Waals surface area contributed by atoms with Gasteiger partial charge in [0.05, 0.1) is 0 Å². The van der Waals surface area contributed by atoms with E-state index in [0.717, 1.165) is 0 Å². The van der Waals surface area contributed by atoms with Gasteiger partial charge in [0.25, 0.3) is 0 Å². The van der Waals surface area contributed by atoms with Gasteiger partial charge in [-0.25, -0.2) is 4.98 Å². The van der Waals surface area contributed by atoms with Crippen LogP contribution < -0.4 is 0 Å². The largest absolute Gasteiger partial charge is 0.332 e. The molecule has 0 radical (unpaired) electrons. The zero-order valence-electron chi connectivity index (χ0n) is 20.6. The Morgan fingerprint density at radius 1 is 0.690 bits per heavy atom. The minimum absolute atomic E-state index is 0.582. The van der Waals surface area contributed by atoms with Crippen LogP contribution in [0.2, 0.25) is 0 Å². The summed E-state index contributed by atoms with van der Waals surface area (Å²) in [6.45, 7) is 11.7. The van der Waals surface area contributed by atoms with Gasteiger partial charge in [-0.3, -0.25) is 0 Å². The number of imidazole rings is 1. The zero-order chi connectivity index (χ0) is 21.3. The average molecular weight is 405 g/mol. The third-order valence-corrected chi connectivity index (χ3v) is 6.65. The lowest BCUT2D eigenvalue weighted by Crippen LogP contribution is -2.16. The number of aromatic nitrogens is 2. The first-order valence-corrected chi connectivity index (χ1v) is 13.1. The molecule has 0 aliphatic carbocycles. The van der Waals surface area contributed by atoms with Crippen LogP contribution in [0.3, 0.4) is 0 Å². The van der Waals surface area contributed by atoms with E-state index in [9.17, 15) is 0 Å². The van der Waals surface area contributed by atoms with Crippen molar-refractivity contribution in [2.45, 2.75) is 149 Å². The monoisotopic (exact) mass is 404 g/mol. The average Bonchev–Trinajstić information content (AvgIpc) is 3.18. The molecule has 1 heterocycles. The van der Waals surface area contributed by atoms with Gasteiger partial charge in [0.2, 0.25) is 0 Å². The molecule has 2 unspecified atom stereocenters. The Bertz CT molecular complexity index is 477. The fourth-order valence-corrected chi connectivity index (χ4v) is 4.60. The molecule has 0 aliphatic rings. The van der Waals surface area contributed by atoms with E-state index in [1.807, 2.05) is 6.20 Å². The first-order chi connectivity index (χ1) is 14.1. The molecule has 0 saturated carbocycles. The highest BCUT2D eigenvalue weighted by Crippen LogP contribution is 2.31. The number of nitrogens with zero attached hydrogens (tertiary/aromatic N) is 2. The van der Waals surface area contributed by atoms with Gasteiger partial charge in [-0.05, 0) is 25.7 Å². The predicted octanol–water partition coefficient (Wildman–Crippen LogP) is 9.47. The van der Waals surface area contributed by atoms with E-state index in [1.165, 1.54) is 109 Å². The Morgan fingerprint density at radius 3 is 1.69 bits per heavy atom. The van der Waals surface area contributed by atoms with Crippen molar-refractivity contribution in [3.05, 3.63) is 18.2 Å². The summed E-state index contributed by atoms with van der Waals surface area (Å²) < 4.78 is 2.50. The molecule has 2 nitrogen and oxygen atoms in total. The van der Waals surface area contributed by atoms with Crippen LogP contribution in [-0.4, -0.2) is 9.55 Å². The Labute approximate surface area is 183 Å². The highest BCUT2D eigenvalue weighted by Gasteiger charge is 2.22. The van der Waals surface area contributed by atoms with Gasteiger partial charge in [-0.15, -0.1) is 0 Å². The van der Waals surface area contributed by atoms with Crippen molar-refractivity contribution in [3.8, 4) is 0 Å². The van der Waals surface area contributed by atoms with Gasteiger partial charge >= 0.3 is 0 Å². The Hall–Kier alpha value is -0.790. The van der Waals surface area contributed by atoms with Crippen LogP contribution in [0.25, 0.3) is 0 Å². The summed E-state index contributed by atoms with van der Waals surface area (Å²) in [6.07, 6.45) is 26.4. The zero-order valence-corrected chi connectivity index (χ0v) is 20.6. The summed E-state index contributed by atoms with van der Waals surface area (Å²) in [5.74, 6) is 2.63. The third-order valence-electron chi connectivity index (χ3n) is 6.65. The summed E-state index contributed by atoms with van der Waals surface area (Å²) in [7, 11) is 0. The number of hydrogen-bond acceptors (Lipinski definition) is 1. The summed E-state index contributed by atoms with van der Waals surface area (Å²) in [5.41, 5.74) is 0. The first kappa shape index (κ1) is 26.2. The molecule has 0 saturated heterocycles. The van der Waals surface area contributed by atoms with Gasteiger partial charge in [0.1, 0.15) is 5.82 Å². The van der Waals surface area contributed by atoms with E-state index < -0.39 is 0 Å². The molecule has 2 atom stereocenters. The van der Waals surface area contributed by atoms with Crippen LogP contribution in [0, 0.1) is 5.92 Å². The molecule has 0 spiro atoms. The van der Waals surface area contributed by atoms with Crippen LogP contribution in [0.5, 0.6) is 0 Å². The van der Waals surface area contributed by atoms with Crippen molar-refractivity contribution in [3.63, 3.8) is 0 Å². The Balaban J connectivity index is 2.41. The molecule has 1 rings (SSSR count). The molecule has 0 amide bonds. The topological polar surface area (TPSA) is 17.8 Å². The lowest BCUT2D eigenvalue weighted by atomic mass is 9.89. The molecule has 1 aromatic rings. The highest BCUT2D eigenvalue weighted by atomic mass is 15.1. The second-order valence-electron chi connectivity index (χ2n) is 9.71. The van der Waals surface area contributed by atoms with Crippen LogP contribution >= 0.6 is 0 Å². The maximum atomic E-state index is 4.84. The maximum absolute atomic E-state index is 4.84. The molecule has 1 aromatic heterocycles. The lowest BCUT2D eigenvalue weighted by Gasteiger charge is -2.25. The van der Waals surface area contributed by atoms with E-state index in [4.69, 9.17) is 4.98 Å². The van der Waals surface area contributed by atoms with Crippen LogP contribution in [0.1, 0.15) is 155 Å². The van der Waals surface area contributed by atoms with Crippen molar-refractivity contribution >= 4 is 0 Å². The van der Waals surface area contributed by atoms with E-state index in [1.54, 1.807) is 0 Å². The Morgan fingerprint density at radius 2 is 1.17 bits per heavy atom. The molecule has 0 aliphatic heterocycles. The maximum Gasteiger partial charge on any atom is 0.112 e. The SMILES string of the molecule is CCCCCCCCCC(c1nccn1C(C)CCCCCCCCC)C(C)C. The van der Waals surface area contributed by atoms with Gasteiger partial charge in [0, 0.05) is 24.4 Å². The van der Waals surface area contributed by atoms with E-state index in [0.29, 0.717) is 17.9 Å². The quantitative estimate of drug-likeness (QED) is 0.210. The van der Waals surface area contributed by atoms with Crippen LogP contribution in [0.4, 0.5) is 0 Å². The highest BCUT2D eigenvalue weighted by molar-refractivity contribution is 5.03. The van der Waals surface area contributed by atoms with Crippen molar-refractivity contribution in [1.29, 1.82) is 0 Å². The van der Waals surface area contributed by atoms with Crippen LogP contribution in [-0.2, 0) is 0 Å². The van der Waals surface area contributed by atoms with E-state index in [-0.39, 0.29) is 0 Å². The first-order valence-electron chi connectivity index (χ1n) is 13.1. The molecule has 0 fully saturated rings. The molecule has 0 bridgehead atoms. The number of rotatable bonds is 19. The normalized spacial score (nSPS) is 13.9. The molecular weight excluding hydrogens is 352 g/mol. The molecule has 0 N–H and O–H groups in total. The third kappa shape index (κ3) is 11.2. The van der Waals surface area contributed by atoms with Crippen molar-refractivity contribution in [1.82, 2.24) is 9.55 Å². The summed E-state index contributed by atoms with van der Waals surface area (Å²) in [6, 6.07) is 0.582. The standard InChI is InChI=1S/C27H52N2/c1-6-8-10-12-14-16-18-20-25(5)29-23-22-28-27(29)26(24(3)4)21-19-17-15-13-11-9-7-2/h22-26H,6-21H2,1-5H3. The minimum Gasteiger partial charge on any atom is -0.332 e. The van der Waals surface area contributed by atoms with Gasteiger partial charge in [-0.2, -0.15) is 0 Å². The summed E-state index contributed by atoms with van der Waals surface area (Å²) in [4.78, 5) is 4.84. The van der Waals surface area contributed by atoms with Crippen molar-refractivity contribution in [2.75, 3.05) is 0 Å². The number of hydrogen-bond donors (Lipinski definition) is 0. The fraction of sp³-hybridized carbons (Fsp3) is 0.889. The van der Waals surface area contributed by atoms with Crippen molar-refractivity contribution in [2.24, 2.45) is 5.92 Å². The summed E-state index contributed by atoms with van der Waals surface area (Å²) in [5, 5.41) is 0. The lowest BCUT2D eigenvalue weighted by molar-refractivity contribution is 0.382. The molecule has 170 valence electrons. The predicted molar refractivity (Wildman–Crippen MR) is 130 cm³/mol. The fourth-order valence-electron chi connectivity index (χ4n) is 4.60. The number of unbranched alkanes of at least 4 members (excludes halogenated alkanes) is 12. The van der Waals surface area contributed by atoms with Crippen molar-refractivity contribution < 1.29 is 0 Å². The molecule has 0 aromatic carbocycles. The van der Waals surface area contributed by atoms with E-state index in [2.05, 4.69) is 45.4 Å². The second-order valence-corrected chi connectivity index (χ2v) is 9.71. The Kier molecular flexibility index (Phi) is 15.3. The summed E-state index contributed by atoms with van der Waals surface area (Å²) >= 11 is 0.